The SMILES string of the molecule is Cc1c(-c2cnn(CC(=O)N3CCN(C(=O)OC(C)(C)C)CC3)c2)nc(N2CC[C@@H]2C)nc1C(F)(F)F. The molecule has 2 aromatic rings. The lowest BCUT2D eigenvalue weighted by atomic mass is 10.1. The summed E-state index contributed by atoms with van der Waals surface area (Å²) < 4.78 is 48.0. The van der Waals surface area contributed by atoms with Gasteiger partial charge >= 0.3 is 12.3 Å². The minimum absolute atomic E-state index is 0.0401. The van der Waals surface area contributed by atoms with Crippen molar-refractivity contribution in [1.29, 1.82) is 0 Å². The van der Waals surface area contributed by atoms with Crippen LogP contribution in [0.5, 0.6) is 0 Å². The van der Waals surface area contributed by atoms with E-state index in [0.717, 1.165) is 6.42 Å². The van der Waals surface area contributed by atoms with Gasteiger partial charge < -0.3 is 19.4 Å². The Morgan fingerprint density at radius 1 is 1.05 bits per heavy atom. The van der Waals surface area contributed by atoms with Crippen LogP contribution in [-0.2, 0) is 22.3 Å². The second-order valence-corrected chi connectivity index (χ2v) is 10.4. The monoisotopic (exact) mass is 523 g/mol. The number of nitrogens with zero attached hydrogens (tertiary/aromatic N) is 7. The Balaban J connectivity index is 1.45. The number of amides is 2. The number of carbonyl (C=O) groups excluding carboxylic acids is 2. The number of anilines is 1. The molecule has 13 heteroatoms. The highest BCUT2D eigenvalue weighted by molar-refractivity contribution is 5.77. The predicted molar refractivity (Wildman–Crippen MR) is 129 cm³/mol. The van der Waals surface area contributed by atoms with Crippen molar-refractivity contribution in [2.24, 2.45) is 0 Å². The molecule has 0 spiro atoms. The fourth-order valence-corrected chi connectivity index (χ4v) is 4.28. The van der Waals surface area contributed by atoms with E-state index in [1.54, 1.807) is 35.5 Å². The molecule has 0 radical (unpaired) electrons. The summed E-state index contributed by atoms with van der Waals surface area (Å²) >= 11 is 0. The molecule has 0 aliphatic carbocycles. The molecular formula is C24H32F3N7O3. The van der Waals surface area contributed by atoms with E-state index >= 15 is 0 Å². The van der Waals surface area contributed by atoms with Crippen molar-refractivity contribution in [2.75, 3.05) is 37.6 Å². The molecule has 0 aromatic carbocycles. The zero-order valence-electron chi connectivity index (χ0n) is 21.7. The number of hydrogen-bond donors (Lipinski definition) is 0. The van der Waals surface area contributed by atoms with Crippen LogP contribution in [0.15, 0.2) is 12.4 Å². The molecule has 0 unspecified atom stereocenters. The summed E-state index contributed by atoms with van der Waals surface area (Å²) in [7, 11) is 0. The Labute approximate surface area is 213 Å². The molecule has 1 atom stereocenters. The van der Waals surface area contributed by atoms with Gasteiger partial charge in [0.1, 0.15) is 12.1 Å². The highest BCUT2D eigenvalue weighted by atomic mass is 19.4. The second-order valence-electron chi connectivity index (χ2n) is 10.4. The minimum Gasteiger partial charge on any atom is -0.444 e. The molecule has 4 heterocycles. The summed E-state index contributed by atoms with van der Waals surface area (Å²) in [6.07, 6.45) is -1.25. The summed E-state index contributed by atoms with van der Waals surface area (Å²) in [4.78, 5) is 38.3. The van der Waals surface area contributed by atoms with Crippen molar-refractivity contribution in [3.63, 3.8) is 0 Å². The van der Waals surface area contributed by atoms with Gasteiger partial charge in [0.25, 0.3) is 0 Å². The van der Waals surface area contributed by atoms with Gasteiger partial charge in [0.05, 0.1) is 11.9 Å². The van der Waals surface area contributed by atoms with Crippen LogP contribution in [0.4, 0.5) is 23.9 Å². The fraction of sp³-hybridized carbons (Fsp3) is 0.625. The first-order valence-electron chi connectivity index (χ1n) is 12.2. The third-order valence-electron chi connectivity index (χ3n) is 6.47. The van der Waals surface area contributed by atoms with E-state index in [1.165, 1.54) is 24.0 Å². The van der Waals surface area contributed by atoms with Crippen molar-refractivity contribution in [1.82, 2.24) is 29.5 Å². The number of ether oxygens (including phenoxy) is 1. The normalized spacial score (nSPS) is 18.6. The summed E-state index contributed by atoms with van der Waals surface area (Å²) in [6, 6.07) is 0.0628. The molecule has 2 saturated heterocycles. The summed E-state index contributed by atoms with van der Waals surface area (Å²) in [5.74, 6) is -0.165. The van der Waals surface area contributed by atoms with Gasteiger partial charge in [-0.3, -0.25) is 9.48 Å². The van der Waals surface area contributed by atoms with Crippen molar-refractivity contribution < 1.29 is 27.5 Å². The third-order valence-corrected chi connectivity index (χ3v) is 6.47. The molecule has 2 amide bonds. The molecule has 2 aliphatic heterocycles. The first-order valence-corrected chi connectivity index (χ1v) is 12.2. The van der Waals surface area contributed by atoms with E-state index < -0.39 is 23.6 Å². The maximum absolute atomic E-state index is 13.7. The molecule has 2 fully saturated rings. The molecule has 10 nitrogen and oxygen atoms in total. The van der Waals surface area contributed by atoms with E-state index in [2.05, 4.69) is 15.1 Å². The molecule has 0 bridgehead atoms. The van der Waals surface area contributed by atoms with Crippen LogP contribution >= 0.6 is 0 Å². The van der Waals surface area contributed by atoms with Crippen molar-refractivity contribution in [3.8, 4) is 11.3 Å². The minimum atomic E-state index is -4.63. The number of piperazine rings is 1. The summed E-state index contributed by atoms with van der Waals surface area (Å²) in [5.41, 5.74) is -1.14. The number of halogens is 3. The van der Waals surface area contributed by atoms with Crippen LogP contribution in [0.2, 0.25) is 0 Å². The van der Waals surface area contributed by atoms with E-state index in [-0.39, 0.29) is 35.7 Å². The Bertz CT molecular complexity index is 1170. The fourth-order valence-electron chi connectivity index (χ4n) is 4.28. The van der Waals surface area contributed by atoms with Crippen molar-refractivity contribution in [3.05, 3.63) is 23.7 Å². The molecule has 202 valence electrons. The Morgan fingerprint density at radius 2 is 1.70 bits per heavy atom. The first-order chi connectivity index (χ1) is 17.2. The molecule has 0 saturated carbocycles. The number of rotatable bonds is 4. The van der Waals surface area contributed by atoms with E-state index in [0.29, 0.717) is 38.3 Å². The lowest BCUT2D eigenvalue weighted by Gasteiger charge is -2.39. The lowest BCUT2D eigenvalue weighted by Crippen LogP contribution is -2.52. The standard InChI is InChI=1S/C24H32F3N7O3/c1-15-6-7-34(15)21-29-19(16(2)20(30-21)24(25,26)27)17-12-28-33(13-17)14-18(35)31-8-10-32(11-9-31)22(36)37-23(3,4)5/h12-13,15H,6-11,14H2,1-5H3/t15-/m0/s1. The topological polar surface area (TPSA) is 96.7 Å². The Morgan fingerprint density at radius 3 is 2.24 bits per heavy atom. The third kappa shape index (κ3) is 5.96. The van der Waals surface area contributed by atoms with E-state index in [4.69, 9.17) is 4.74 Å². The Hall–Kier alpha value is -3.38. The molecule has 2 aliphatic rings. The number of carbonyl (C=O) groups is 2. The maximum Gasteiger partial charge on any atom is 0.433 e. The van der Waals surface area contributed by atoms with Crippen LogP contribution in [0.25, 0.3) is 11.3 Å². The first kappa shape index (κ1) is 26.7. The van der Waals surface area contributed by atoms with Gasteiger partial charge in [0.15, 0.2) is 5.69 Å². The van der Waals surface area contributed by atoms with E-state index in [9.17, 15) is 22.8 Å². The number of alkyl halides is 3. The highest BCUT2D eigenvalue weighted by Crippen LogP contribution is 2.36. The average Bonchev–Trinajstić information content (AvgIpc) is 3.25. The zero-order valence-corrected chi connectivity index (χ0v) is 21.7. The van der Waals surface area contributed by atoms with Gasteiger partial charge in [-0.1, -0.05) is 0 Å². The molecule has 4 rings (SSSR count). The largest absolute Gasteiger partial charge is 0.444 e. The Kier molecular flexibility index (Phi) is 7.08. The van der Waals surface area contributed by atoms with Crippen molar-refractivity contribution >= 4 is 17.9 Å². The molecule has 2 aromatic heterocycles. The lowest BCUT2D eigenvalue weighted by molar-refractivity contribution is -0.141. The van der Waals surface area contributed by atoms with Crippen LogP contribution in [0.3, 0.4) is 0 Å². The van der Waals surface area contributed by atoms with Gasteiger partial charge in [-0.2, -0.15) is 18.3 Å². The smallest absolute Gasteiger partial charge is 0.433 e. The summed E-state index contributed by atoms with van der Waals surface area (Å²) in [6.45, 7) is 10.5. The van der Waals surface area contributed by atoms with Gasteiger partial charge in [-0.15, -0.1) is 0 Å². The molecule has 37 heavy (non-hydrogen) atoms. The zero-order chi connectivity index (χ0) is 27.1. The summed E-state index contributed by atoms with van der Waals surface area (Å²) in [5, 5.41) is 4.20. The number of hydrogen-bond acceptors (Lipinski definition) is 7. The predicted octanol–water partition coefficient (Wildman–Crippen LogP) is 3.35. The van der Waals surface area contributed by atoms with Crippen LogP contribution in [0.1, 0.15) is 45.4 Å². The van der Waals surface area contributed by atoms with Gasteiger partial charge in [-0.05, 0) is 41.0 Å². The van der Waals surface area contributed by atoms with Crippen LogP contribution < -0.4 is 4.90 Å². The van der Waals surface area contributed by atoms with Gasteiger partial charge in [0.2, 0.25) is 11.9 Å². The highest BCUT2D eigenvalue weighted by Gasteiger charge is 2.38. The van der Waals surface area contributed by atoms with Crippen molar-refractivity contribution in [2.45, 2.75) is 65.4 Å². The second kappa shape index (κ2) is 9.82. The molecular weight excluding hydrogens is 491 g/mol. The quantitative estimate of drug-likeness (QED) is 0.607. The van der Waals surface area contributed by atoms with E-state index in [1.807, 2.05) is 6.92 Å². The molecule has 0 N–H and O–H groups in total. The van der Waals surface area contributed by atoms with Gasteiger partial charge in [-0.25, -0.2) is 14.8 Å². The number of aromatic nitrogens is 4. The van der Waals surface area contributed by atoms with Crippen LogP contribution in [-0.4, -0.2) is 85.9 Å². The van der Waals surface area contributed by atoms with Crippen LogP contribution in [0, 0.1) is 6.92 Å². The maximum atomic E-state index is 13.7. The van der Waals surface area contributed by atoms with Gasteiger partial charge in [0, 0.05) is 56.1 Å². The average molecular weight is 524 g/mol.